The Bertz CT molecular complexity index is 229. The summed E-state index contributed by atoms with van der Waals surface area (Å²) < 4.78 is 0. The van der Waals surface area contributed by atoms with Crippen molar-refractivity contribution in [2.45, 2.75) is 13.5 Å². The van der Waals surface area contributed by atoms with Crippen LogP contribution in [-0.4, -0.2) is 6.54 Å². The van der Waals surface area contributed by atoms with Crippen molar-refractivity contribution in [3.63, 3.8) is 0 Å². The normalized spacial score (nSPS) is 8.15. The second-order valence-electron chi connectivity index (χ2n) is 2.39. The van der Waals surface area contributed by atoms with Crippen LogP contribution in [0, 0.1) is 0 Å². The second-order valence-corrected chi connectivity index (χ2v) is 2.39. The minimum atomic E-state index is 0. The van der Waals surface area contributed by atoms with Crippen LogP contribution >= 0.6 is 24.8 Å². The molecule has 0 unspecified atom stereocenters. The highest BCUT2D eigenvalue weighted by Crippen LogP contribution is 2.12. The van der Waals surface area contributed by atoms with E-state index in [1.165, 1.54) is 5.56 Å². The molecule has 4 heteroatoms. The molecule has 13 heavy (non-hydrogen) atoms. The van der Waals surface area contributed by atoms with Crippen molar-refractivity contribution >= 4 is 30.5 Å². The maximum atomic E-state index is 5.54. The first-order valence-corrected chi connectivity index (χ1v) is 3.90. The van der Waals surface area contributed by atoms with E-state index in [-0.39, 0.29) is 24.8 Å². The molecule has 0 bridgehead atoms. The van der Waals surface area contributed by atoms with Gasteiger partial charge >= 0.3 is 0 Å². The Morgan fingerprint density at radius 1 is 1.23 bits per heavy atom. The van der Waals surface area contributed by atoms with E-state index >= 15 is 0 Å². The lowest BCUT2D eigenvalue weighted by Gasteiger charge is -2.07. The van der Waals surface area contributed by atoms with Crippen LogP contribution in [0.2, 0.25) is 0 Å². The van der Waals surface area contributed by atoms with Crippen LogP contribution in [-0.2, 0) is 6.54 Å². The van der Waals surface area contributed by atoms with Gasteiger partial charge in [-0.15, -0.1) is 24.8 Å². The predicted octanol–water partition coefficient (Wildman–Crippen LogP) is 2.42. The summed E-state index contributed by atoms with van der Waals surface area (Å²) in [5.74, 6) is 0. The molecular weight excluding hydrogens is 207 g/mol. The average Bonchev–Trinajstić information content (AvgIpc) is 2.06. The number of halogens is 2. The molecular formula is C9H16Cl2N2. The summed E-state index contributed by atoms with van der Waals surface area (Å²) in [6.07, 6.45) is 0. The summed E-state index contributed by atoms with van der Waals surface area (Å²) in [5, 5.41) is 3.25. The van der Waals surface area contributed by atoms with E-state index in [0.29, 0.717) is 6.54 Å². The van der Waals surface area contributed by atoms with Crippen molar-refractivity contribution in [1.82, 2.24) is 0 Å². The van der Waals surface area contributed by atoms with Crippen LogP contribution in [0.3, 0.4) is 0 Å². The van der Waals surface area contributed by atoms with Crippen LogP contribution in [0.1, 0.15) is 12.5 Å². The van der Waals surface area contributed by atoms with Gasteiger partial charge in [0.05, 0.1) is 0 Å². The van der Waals surface area contributed by atoms with Crippen molar-refractivity contribution in [2.75, 3.05) is 11.9 Å². The largest absolute Gasteiger partial charge is 0.385 e. The van der Waals surface area contributed by atoms with E-state index in [4.69, 9.17) is 5.73 Å². The minimum absolute atomic E-state index is 0. The standard InChI is InChI=1S/C9H14N2.2ClH/c1-2-11-9-6-4-3-5-8(9)7-10;;/h3-6,11H,2,7,10H2,1H3;2*1H. The maximum Gasteiger partial charge on any atom is 0.0385 e. The van der Waals surface area contributed by atoms with Gasteiger partial charge in [0.1, 0.15) is 0 Å². The summed E-state index contributed by atoms with van der Waals surface area (Å²) in [7, 11) is 0. The Balaban J connectivity index is 0. The molecule has 0 saturated heterocycles. The van der Waals surface area contributed by atoms with Gasteiger partial charge in [-0.3, -0.25) is 0 Å². The number of hydrogen-bond donors (Lipinski definition) is 2. The highest BCUT2D eigenvalue weighted by molar-refractivity contribution is 5.85. The molecule has 0 radical (unpaired) electrons. The van der Waals surface area contributed by atoms with E-state index < -0.39 is 0 Å². The molecule has 0 atom stereocenters. The van der Waals surface area contributed by atoms with Crippen molar-refractivity contribution in [3.05, 3.63) is 29.8 Å². The number of anilines is 1. The Hall–Kier alpha value is -0.440. The molecule has 1 rings (SSSR count). The number of nitrogens with two attached hydrogens (primary N) is 1. The lowest BCUT2D eigenvalue weighted by atomic mass is 10.2. The SMILES string of the molecule is CCNc1ccccc1CN.Cl.Cl. The summed E-state index contributed by atoms with van der Waals surface area (Å²) in [4.78, 5) is 0. The second kappa shape index (κ2) is 8.17. The van der Waals surface area contributed by atoms with Crippen molar-refractivity contribution in [1.29, 1.82) is 0 Å². The monoisotopic (exact) mass is 222 g/mol. The van der Waals surface area contributed by atoms with E-state index in [1.54, 1.807) is 0 Å². The van der Waals surface area contributed by atoms with Gasteiger partial charge < -0.3 is 11.1 Å². The van der Waals surface area contributed by atoms with Gasteiger partial charge in [0.15, 0.2) is 0 Å². The summed E-state index contributed by atoms with van der Waals surface area (Å²) >= 11 is 0. The predicted molar refractivity (Wildman–Crippen MR) is 63.0 cm³/mol. The van der Waals surface area contributed by atoms with Crippen LogP contribution in [0.25, 0.3) is 0 Å². The highest BCUT2D eigenvalue weighted by atomic mass is 35.5. The molecule has 0 spiro atoms. The molecule has 0 heterocycles. The molecule has 1 aromatic rings. The highest BCUT2D eigenvalue weighted by Gasteiger charge is 1.95. The van der Waals surface area contributed by atoms with Gasteiger partial charge in [-0.1, -0.05) is 18.2 Å². The topological polar surface area (TPSA) is 38.0 Å². The molecule has 76 valence electrons. The quantitative estimate of drug-likeness (QED) is 0.825. The van der Waals surface area contributed by atoms with Crippen LogP contribution < -0.4 is 11.1 Å². The van der Waals surface area contributed by atoms with E-state index in [9.17, 15) is 0 Å². The lowest BCUT2D eigenvalue weighted by Crippen LogP contribution is -2.04. The molecule has 1 aromatic carbocycles. The van der Waals surface area contributed by atoms with Crippen LogP contribution in [0.5, 0.6) is 0 Å². The smallest absolute Gasteiger partial charge is 0.0385 e. The van der Waals surface area contributed by atoms with Gasteiger partial charge in [-0.05, 0) is 18.6 Å². The first kappa shape index (κ1) is 15.1. The fraction of sp³-hybridized carbons (Fsp3) is 0.333. The molecule has 2 nitrogen and oxygen atoms in total. The maximum absolute atomic E-state index is 5.54. The van der Waals surface area contributed by atoms with Crippen LogP contribution in [0.4, 0.5) is 5.69 Å². The zero-order valence-electron chi connectivity index (χ0n) is 7.62. The van der Waals surface area contributed by atoms with Crippen molar-refractivity contribution < 1.29 is 0 Å². The van der Waals surface area contributed by atoms with Crippen molar-refractivity contribution in [2.24, 2.45) is 5.73 Å². The number of hydrogen-bond acceptors (Lipinski definition) is 2. The third-order valence-electron chi connectivity index (χ3n) is 1.60. The number of para-hydroxylation sites is 1. The number of rotatable bonds is 3. The zero-order valence-corrected chi connectivity index (χ0v) is 9.25. The van der Waals surface area contributed by atoms with Crippen LogP contribution in [0.15, 0.2) is 24.3 Å². The van der Waals surface area contributed by atoms with Gasteiger partial charge in [0.2, 0.25) is 0 Å². The molecule has 3 N–H and O–H groups in total. The van der Waals surface area contributed by atoms with Gasteiger partial charge in [-0.25, -0.2) is 0 Å². The molecule has 0 saturated carbocycles. The molecule has 0 amide bonds. The summed E-state index contributed by atoms with van der Waals surface area (Å²) in [6.45, 7) is 3.62. The number of nitrogens with one attached hydrogen (secondary N) is 1. The van der Waals surface area contributed by atoms with E-state index in [2.05, 4.69) is 12.2 Å². The third kappa shape index (κ3) is 4.36. The number of benzene rings is 1. The fourth-order valence-electron chi connectivity index (χ4n) is 1.06. The average molecular weight is 223 g/mol. The Kier molecular flexibility index (Phi) is 9.46. The molecule has 0 aliphatic rings. The van der Waals surface area contributed by atoms with E-state index in [0.717, 1.165) is 12.2 Å². The first-order chi connectivity index (χ1) is 5.38. The molecule has 0 aliphatic heterocycles. The molecule has 0 aliphatic carbocycles. The molecule has 0 aromatic heterocycles. The van der Waals surface area contributed by atoms with Gasteiger partial charge in [0, 0.05) is 18.8 Å². The fourth-order valence-corrected chi connectivity index (χ4v) is 1.06. The Morgan fingerprint density at radius 3 is 2.38 bits per heavy atom. The minimum Gasteiger partial charge on any atom is -0.385 e. The molecule has 0 fully saturated rings. The zero-order chi connectivity index (χ0) is 8.10. The van der Waals surface area contributed by atoms with Gasteiger partial charge in [0.25, 0.3) is 0 Å². The Labute approximate surface area is 91.7 Å². The lowest BCUT2D eigenvalue weighted by molar-refractivity contribution is 1.06. The van der Waals surface area contributed by atoms with Crippen molar-refractivity contribution in [3.8, 4) is 0 Å². The Morgan fingerprint density at radius 2 is 1.85 bits per heavy atom. The summed E-state index contributed by atoms with van der Waals surface area (Å²) in [5.41, 5.74) is 7.87. The first-order valence-electron chi connectivity index (χ1n) is 3.90. The summed E-state index contributed by atoms with van der Waals surface area (Å²) in [6, 6.07) is 8.10. The van der Waals surface area contributed by atoms with E-state index in [1.807, 2.05) is 24.3 Å². The van der Waals surface area contributed by atoms with Gasteiger partial charge in [-0.2, -0.15) is 0 Å². The third-order valence-corrected chi connectivity index (χ3v) is 1.60.